The van der Waals surface area contributed by atoms with Gasteiger partial charge in [-0.25, -0.2) is 0 Å². The first kappa shape index (κ1) is 19.8. The number of carbonyl (C=O) groups is 1. The minimum absolute atomic E-state index is 0.0709. The van der Waals surface area contributed by atoms with Crippen LogP contribution >= 0.6 is 23.4 Å². The summed E-state index contributed by atoms with van der Waals surface area (Å²) in [6.07, 6.45) is 1.63. The Bertz CT molecular complexity index is 883. The van der Waals surface area contributed by atoms with Gasteiger partial charge < -0.3 is 11.1 Å². The Hall–Kier alpha value is -1.98. The lowest BCUT2D eigenvalue weighted by molar-refractivity contribution is 0.0953. The van der Waals surface area contributed by atoms with Crippen molar-refractivity contribution in [1.29, 1.82) is 0 Å². The quantitative estimate of drug-likeness (QED) is 0.785. The van der Waals surface area contributed by atoms with Crippen LogP contribution < -0.4 is 11.1 Å². The molecule has 1 atom stereocenters. The molecule has 3 N–H and O–H groups in total. The Morgan fingerprint density at radius 1 is 1.33 bits per heavy atom. The van der Waals surface area contributed by atoms with E-state index in [0.717, 1.165) is 33.9 Å². The van der Waals surface area contributed by atoms with Crippen molar-refractivity contribution in [1.82, 2.24) is 5.32 Å². The summed E-state index contributed by atoms with van der Waals surface area (Å²) < 4.78 is 0. The number of carbonyl (C=O) groups excluding carboxylic acids is 1. The number of aryl methyl sites for hydroxylation is 1. The number of hydrogen-bond acceptors (Lipinski definition) is 4. The molecular formula is C21H24ClN3OS. The molecule has 6 heteroatoms. The van der Waals surface area contributed by atoms with E-state index in [1.54, 1.807) is 11.8 Å². The van der Waals surface area contributed by atoms with Crippen LogP contribution in [0.15, 0.2) is 47.5 Å². The monoisotopic (exact) mass is 401 g/mol. The van der Waals surface area contributed by atoms with Gasteiger partial charge in [-0.3, -0.25) is 9.79 Å². The Morgan fingerprint density at radius 3 is 2.81 bits per heavy atom. The Kier molecular flexibility index (Phi) is 6.12. The second-order valence-electron chi connectivity index (χ2n) is 6.95. The lowest BCUT2D eigenvalue weighted by atomic mass is 9.87. The molecule has 4 nitrogen and oxygen atoms in total. The summed E-state index contributed by atoms with van der Waals surface area (Å²) in [7, 11) is 0. The highest BCUT2D eigenvalue weighted by Crippen LogP contribution is 2.35. The molecule has 142 valence electrons. The van der Waals surface area contributed by atoms with Crippen molar-refractivity contribution < 1.29 is 4.79 Å². The molecule has 0 saturated heterocycles. The average molecular weight is 402 g/mol. The molecule has 1 heterocycles. The molecule has 0 aromatic heterocycles. The van der Waals surface area contributed by atoms with E-state index in [9.17, 15) is 4.79 Å². The maximum atomic E-state index is 12.6. The summed E-state index contributed by atoms with van der Waals surface area (Å²) in [5.41, 5.74) is 9.35. The number of amides is 1. The summed E-state index contributed by atoms with van der Waals surface area (Å²) in [6, 6.07) is 13.6. The molecule has 0 fully saturated rings. The van der Waals surface area contributed by atoms with Gasteiger partial charge in [0.1, 0.15) is 0 Å². The zero-order chi connectivity index (χ0) is 19.4. The summed E-state index contributed by atoms with van der Waals surface area (Å²) in [5.74, 6) is 0.883. The second kappa shape index (κ2) is 8.36. The predicted molar refractivity (Wildman–Crippen MR) is 115 cm³/mol. The van der Waals surface area contributed by atoms with Gasteiger partial charge in [0, 0.05) is 22.9 Å². The van der Waals surface area contributed by atoms with E-state index < -0.39 is 0 Å². The maximum Gasteiger partial charge on any atom is 0.251 e. The Balaban J connectivity index is 1.67. The van der Waals surface area contributed by atoms with Crippen LogP contribution in [-0.4, -0.2) is 23.4 Å². The molecule has 0 spiro atoms. The molecule has 1 aliphatic rings. The number of nitrogens with one attached hydrogen (secondary N) is 1. The van der Waals surface area contributed by atoms with Gasteiger partial charge in [-0.1, -0.05) is 53.7 Å². The molecule has 0 bridgehead atoms. The van der Waals surface area contributed by atoms with Crippen LogP contribution in [0, 0.1) is 6.92 Å². The van der Waals surface area contributed by atoms with E-state index in [4.69, 9.17) is 17.3 Å². The molecule has 27 heavy (non-hydrogen) atoms. The van der Waals surface area contributed by atoms with Crippen molar-refractivity contribution in [3.63, 3.8) is 0 Å². The lowest BCUT2D eigenvalue weighted by Crippen LogP contribution is -2.29. The molecule has 0 radical (unpaired) electrons. The highest BCUT2D eigenvalue weighted by atomic mass is 35.5. The van der Waals surface area contributed by atoms with E-state index in [1.165, 1.54) is 0 Å². The molecule has 1 unspecified atom stereocenters. The van der Waals surface area contributed by atoms with Gasteiger partial charge >= 0.3 is 0 Å². The first-order valence-corrected chi connectivity index (χ1v) is 10.4. The molecule has 2 aromatic carbocycles. The van der Waals surface area contributed by atoms with Gasteiger partial charge in [0.15, 0.2) is 5.17 Å². The minimum atomic E-state index is -0.320. The van der Waals surface area contributed by atoms with Crippen LogP contribution in [-0.2, 0) is 12.0 Å². The lowest BCUT2D eigenvalue weighted by Gasteiger charge is -2.30. The molecule has 2 aromatic rings. The zero-order valence-corrected chi connectivity index (χ0v) is 17.2. The van der Waals surface area contributed by atoms with Gasteiger partial charge in [-0.2, -0.15) is 0 Å². The standard InChI is InChI=1S/C21H24ClN3OS/c1-14-13-16(21(2)10-12-27-20(23)25-21)7-8-17(14)19(26)24-11-9-15-5-3-4-6-18(15)22/h3-8,13H,9-12H2,1-2H3,(H2,23,25)(H,24,26). The Morgan fingerprint density at radius 2 is 2.11 bits per heavy atom. The number of benzene rings is 2. The fraction of sp³-hybridized carbons (Fsp3) is 0.333. The SMILES string of the molecule is Cc1cc(C2(C)CCSC(N)=N2)ccc1C(=O)NCCc1ccccc1Cl. The zero-order valence-electron chi connectivity index (χ0n) is 15.6. The summed E-state index contributed by atoms with van der Waals surface area (Å²) in [5, 5.41) is 4.34. The minimum Gasteiger partial charge on any atom is -0.379 e. The van der Waals surface area contributed by atoms with E-state index in [1.807, 2.05) is 43.3 Å². The number of halogens is 1. The van der Waals surface area contributed by atoms with Gasteiger partial charge in [0.2, 0.25) is 0 Å². The third-order valence-corrected chi connectivity index (χ3v) is 6.09. The van der Waals surface area contributed by atoms with E-state index in [-0.39, 0.29) is 11.4 Å². The van der Waals surface area contributed by atoms with Crippen molar-refractivity contribution in [3.05, 3.63) is 69.7 Å². The van der Waals surface area contributed by atoms with Gasteiger partial charge in [-0.15, -0.1) is 0 Å². The fourth-order valence-corrected chi connectivity index (χ4v) is 4.46. The summed E-state index contributed by atoms with van der Waals surface area (Å²) in [6.45, 7) is 4.59. The third-order valence-electron chi connectivity index (χ3n) is 4.93. The molecule has 1 amide bonds. The molecule has 1 aliphatic heterocycles. The van der Waals surface area contributed by atoms with Crippen molar-refractivity contribution >= 4 is 34.4 Å². The number of aliphatic imine (C=N–C) groups is 1. The van der Waals surface area contributed by atoms with Gasteiger partial charge in [0.25, 0.3) is 5.91 Å². The Labute approximate surface area is 169 Å². The fourth-order valence-electron chi connectivity index (χ4n) is 3.26. The van der Waals surface area contributed by atoms with Crippen LogP contribution in [0.1, 0.15) is 40.4 Å². The van der Waals surface area contributed by atoms with Crippen molar-refractivity contribution in [3.8, 4) is 0 Å². The van der Waals surface area contributed by atoms with Crippen LogP contribution in [0.5, 0.6) is 0 Å². The highest BCUT2D eigenvalue weighted by Gasteiger charge is 2.29. The van der Waals surface area contributed by atoms with Crippen LogP contribution in [0.25, 0.3) is 0 Å². The third kappa shape index (κ3) is 4.66. The van der Waals surface area contributed by atoms with Crippen molar-refractivity contribution in [2.45, 2.75) is 32.2 Å². The summed E-state index contributed by atoms with van der Waals surface area (Å²) >= 11 is 7.75. The smallest absolute Gasteiger partial charge is 0.251 e. The normalized spacial score (nSPS) is 19.4. The summed E-state index contributed by atoms with van der Waals surface area (Å²) in [4.78, 5) is 17.2. The van der Waals surface area contributed by atoms with E-state index >= 15 is 0 Å². The maximum absolute atomic E-state index is 12.6. The molecule has 0 aliphatic carbocycles. The van der Waals surface area contributed by atoms with Crippen LogP contribution in [0.4, 0.5) is 0 Å². The second-order valence-corrected chi connectivity index (χ2v) is 8.47. The van der Waals surface area contributed by atoms with Crippen molar-refractivity contribution in [2.24, 2.45) is 10.7 Å². The average Bonchev–Trinajstić information content (AvgIpc) is 2.63. The number of nitrogens with two attached hydrogens (primary N) is 1. The van der Waals surface area contributed by atoms with Crippen LogP contribution in [0.2, 0.25) is 5.02 Å². The first-order valence-electron chi connectivity index (χ1n) is 9.00. The topological polar surface area (TPSA) is 67.5 Å². The number of rotatable bonds is 5. The number of nitrogens with zero attached hydrogens (tertiary/aromatic N) is 1. The van der Waals surface area contributed by atoms with Crippen molar-refractivity contribution in [2.75, 3.05) is 12.3 Å². The van der Waals surface area contributed by atoms with E-state index in [0.29, 0.717) is 23.7 Å². The number of hydrogen-bond donors (Lipinski definition) is 2. The molecule has 3 rings (SSSR count). The predicted octanol–water partition coefficient (Wildman–Crippen LogP) is 4.29. The largest absolute Gasteiger partial charge is 0.379 e. The first-order chi connectivity index (χ1) is 12.9. The van der Waals surface area contributed by atoms with Gasteiger partial charge in [0.05, 0.1) is 5.54 Å². The highest BCUT2D eigenvalue weighted by molar-refractivity contribution is 8.13. The number of amidine groups is 1. The van der Waals surface area contributed by atoms with Gasteiger partial charge in [-0.05, 0) is 55.5 Å². The van der Waals surface area contributed by atoms with E-state index in [2.05, 4.69) is 23.3 Å². The number of thioether (sulfide) groups is 1. The molecular weight excluding hydrogens is 378 g/mol. The van der Waals surface area contributed by atoms with Crippen LogP contribution in [0.3, 0.4) is 0 Å². The molecule has 0 saturated carbocycles.